The minimum absolute atomic E-state index is 0.0864. The number of carboxylic acids is 1. The molecule has 0 saturated carbocycles. The van der Waals surface area contributed by atoms with E-state index < -0.39 is 11.8 Å². The van der Waals surface area contributed by atoms with Gasteiger partial charge >= 0.3 is 5.97 Å². The maximum Gasteiger partial charge on any atom is 0.328 e. The van der Waals surface area contributed by atoms with Crippen LogP contribution in [0, 0.1) is 5.82 Å². The fourth-order valence-electron chi connectivity index (χ4n) is 1.70. The highest BCUT2D eigenvalue weighted by Crippen LogP contribution is 2.17. The highest BCUT2D eigenvalue weighted by molar-refractivity contribution is 6.04. The third-order valence-electron chi connectivity index (χ3n) is 2.70. The largest absolute Gasteiger partial charge is 0.478 e. The van der Waals surface area contributed by atoms with Crippen LogP contribution in [-0.2, 0) is 4.79 Å². The molecule has 106 valence electrons. The Morgan fingerprint density at radius 3 is 2.48 bits per heavy atom. The first-order valence-corrected chi connectivity index (χ1v) is 6.13. The van der Waals surface area contributed by atoms with E-state index in [0.717, 1.165) is 12.2 Å². The molecule has 0 unspecified atom stereocenters. The molecule has 0 aliphatic carbocycles. The number of rotatable bonds is 4. The molecule has 0 radical (unpaired) electrons. The van der Waals surface area contributed by atoms with Gasteiger partial charge in [0.2, 0.25) is 0 Å². The molecule has 4 nitrogen and oxygen atoms in total. The number of nitrogens with one attached hydrogen (secondary N) is 1. The summed E-state index contributed by atoms with van der Waals surface area (Å²) >= 11 is 0. The number of anilines is 1. The van der Waals surface area contributed by atoms with Crippen molar-refractivity contribution in [3.05, 3.63) is 71.6 Å². The minimum Gasteiger partial charge on any atom is -0.478 e. The Kier molecular flexibility index (Phi) is 4.46. The topological polar surface area (TPSA) is 66.4 Å². The van der Waals surface area contributed by atoms with Crippen LogP contribution in [0.15, 0.2) is 54.6 Å². The van der Waals surface area contributed by atoms with E-state index in [4.69, 9.17) is 5.11 Å². The van der Waals surface area contributed by atoms with Crippen molar-refractivity contribution in [2.24, 2.45) is 0 Å². The number of carbonyl (C=O) groups is 2. The Balaban J connectivity index is 2.19. The summed E-state index contributed by atoms with van der Waals surface area (Å²) in [6.45, 7) is 0. The molecule has 0 atom stereocenters. The summed E-state index contributed by atoms with van der Waals surface area (Å²) < 4.78 is 13.5. The molecule has 0 bridgehead atoms. The fourth-order valence-corrected chi connectivity index (χ4v) is 1.70. The van der Waals surface area contributed by atoms with E-state index in [2.05, 4.69) is 5.32 Å². The molecule has 0 aliphatic heterocycles. The van der Waals surface area contributed by atoms with Gasteiger partial charge in [-0.05, 0) is 36.4 Å². The predicted octanol–water partition coefficient (Wildman–Crippen LogP) is 3.18. The van der Waals surface area contributed by atoms with Crippen LogP contribution >= 0.6 is 0 Å². The highest BCUT2D eigenvalue weighted by atomic mass is 19.1. The number of hydrogen-bond donors (Lipinski definition) is 2. The SMILES string of the molecule is O=C(O)/C=C/c1cc(NC(=O)c2ccccc2)ccc1F. The molecular weight excluding hydrogens is 273 g/mol. The summed E-state index contributed by atoms with van der Waals surface area (Å²) in [5.41, 5.74) is 0.947. The van der Waals surface area contributed by atoms with Gasteiger partial charge in [-0.15, -0.1) is 0 Å². The lowest BCUT2D eigenvalue weighted by Gasteiger charge is -2.06. The molecule has 0 saturated heterocycles. The molecule has 0 aromatic heterocycles. The van der Waals surface area contributed by atoms with Gasteiger partial charge in [-0.25, -0.2) is 9.18 Å². The van der Waals surface area contributed by atoms with Crippen molar-refractivity contribution < 1.29 is 19.1 Å². The van der Waals surface area contributed by atoms with Crippen LogP contribution < -0.4 is 5.32 Å². The number of carboxylic acid groups (broad SMARTS) is 1. The number of benzene rings is 2. The average Bonchev–Trinajstić information content (AvgIpc) is 2.48. The lowest BCUT2D eigenvalue weighted by Crippen LogP contribution is -2.11. The quantitative estimate of drug-likeness (QED) is 0.848. The van der Waals surface area contributed by atoms with Gasteiger partial charge in [0.15, 0.2) is 0 Å². The second-order valence-electron chi connectivity index (χ2n) is 4.23. The zero-order valence-corrected chi connectivity index (χ0v) is 10.9. The zero-order valence-electron chi connectivity index (χ0n) is 10.9. The Bertz CT molecular complexity index is 696. The first kappa shape index (κ1) is 14.5. The molecule has 2 rings (SSSR count). The number of amides is 1. The van der Waals surface area contributed by atoms with Gasteiger partial charge in [-0.1, -0.05) is 18.2 Å². The third kappa shape index (κ3) is 4.01. The van der Waals surface area contributed by atoms with Crippen molar-refractivity contribution in [1.82, 2.24) is 0 Å². The van der Waals surface area contributed by atoms with Gasteiger partial charge in [0.25, 0.3) is 5.91 Å². The molecule has 2 aromatic rings. The lowest BCUT2D eigenvalue weighted by atomic mass is 10.1. The van der Waals surface area contributed by atoms with Crippen molar-refractivity contribution in [2.75, 3.05) is 5.32 Å². The van der Waals surface area contributed by atoms with Crippen molar-refractivity contribution in [3.8, 4) is 0 Å². The lowest BCUT2D eigenvalue weighted by molar-refractivity contribution is -0.131. The molecule has 0 spiro atoms. The highest BCUT2D eigenvalue weighted by Gasteiger charge is 2.07. The van der Waals surface area contributed by atoms with E-state index in [-0.39, 0.29) is 11.5 Å². The second-order valence-corrected chi connectivity index (χ2v) is 4.23. The van der Waals surface area contributed by atoms with Crippen LogP contribution in [-0.4, -0.2) is 17.0 Å². The van der Waals surface area contributed by atoms with Crippen molar-refractivity contribution in [2.45, 2.75) is 0 Å². The van der Waals surface area contributed by atoms with Crippen LogP contribution in [0.4, 0.5) is 10.1 Å². The number of carbonyl (C=O) groups excluding carboxylic acids is 1. The number of aliphatic carboxylic acids is 1. The molecule has 0 fully saturated rings. The fraction of sp³-hybridized carbons (Fsp3) is 0. The molecule has 2 aromatic carbocycles. The van der Waals surface area contributed by atoms with E-state index in [1.54, 1.807) is 30.3 Å². The van der Waals surface area contributed by atoms with Gasteiger partial charge in [0, 0.05) is 22.9 Å². The molecular formula is C16H12FNO3. The van der Waals surface area contributed by atoms with Crippen molar-refractivity contribution in [3.63, 3.8) is 0 Å². The first-order chi connectivity index (χ1) is 10.1. The van der Waals surface area contributed by atoms with Gasteiger partial charge in [-0.3, -0.25) is 4.79 Å². The van der Waals surface area contributed by atoms with E-state index in [1.807, 2.05) is 0 Å². The molecule has 21 heavy (non-hydrogen) atoms. The predicted molar refractivity (Wildman–Crippen MR) is 77.5 cm³/mol. The average molecular weight is 285 g/mol. The summed E-state index contributed by atoms with van der Waals surface area (Å²) in [5.74, 6) is -2.06. The summed E-state index contributed by atoms with van der Waals surface area (Å²) in [4.78, 5) is 22.4. The molecule has 0 aliphatic rings. The van der Waals surface area contributed by atoms with Crippen LogP contribution in [0.3, 0.4) is 0 Å². The Morgan fingerprint density at radius 1 is 1.10 bits per heavy atom. The van der Waals surface area contributed by atoms with E-state index in [9.17, 15) is 14.0 Å². The maximum atomic E-state index is 13.5. The van der Waals surface area contributed by atoms with Crippen LogP contribution in [0.2, 0.25) is 0 Å². The molecule has 2 N–H and O–H groups in total. The monoisotopic (exact) mass is 285 g/mol. The Hall–Kier alpha value is -2.95. The standard InChI is InChI=1S/C16H12FNO3/c17-14-8-7-13(10-12(14)6-9-15(19)20)18-16(21)11-4-2-1-3-5-11/h1-10H,(H,18,21)(H,19,20)/b9-6+. The van der Waals surface area contributed by atoms with Crippen LogP contribution in [0.25, 0.3) is 6.08 Å². The smallest absolute Gasteiger partial charge is 0.328 e. The van der Waals surface area contributed by atoms with E-state index in [0.29, 0.717) is 11.3 Å². The van der Waals surface area contributed by atoms with Gasteiger partial charge in [0.05, 0.1) is 0 Å². The summed E-state index contributed by atoms with van der Waals surface area (Å²) in [5, 5.41) is 11.2. The third-order valence-corrected chi connectivity index (χ3v) is 2.70. The van der Waals surface area contributed by atoms with E-state index in [1.165, 1.54) is 18.2 Å². The Labute approximate surface area is 120 Å². The number of halogens is 1. The second kappa shape index (κ2) is 6.47. The summed E-state index contributed by atoms with van der Waals surface area (Å²) in [6, 6.07) is 12.5. The van der Waals surface area contributed by atoms with Gasteiger partial charge < -0.3 is 10.4 Å². The van der Waals surface area contributed by atoms with Crippen molar-refractivity contribution in [1.29, 1.82) is 0 Å². The Morgan fingerprint density at radius 2 is 1.81 bits per heavy atom. The van der Waals surface area contributed by atoms with Gasteiger partial charge in [0.1, 0.15) is 5.82 Å². The zero-order chi connectivity index (χ0) is 15.2. The number of hydrogen-bond acceptors (Lipinski definition) is 2. The molecule has 1 amide bonds. The first-order valence-electron chi connectivity index (χ1n) is 6.13. The van der Waals surface area contributed by atoms with Gasteiger partial charge in [-0.2, -0.15) is 0 Å². The minimum atomic E-state index is -1.17. The summed E-state index contributed by atoms with van der Waals surface area (Å²) in [7, 11) is 0. The molecule has 5 heteroatoms. The summed E-state index contributed by atoms with van der Waals surface area (Å²) in [6.07, 6.45) is 1.97. The normalized spacial score (nSPS) is 10.5. The van der Waals surface area contributed by atoms with Crippen molar-refractivity contribution >= 4 is 23.6 Å². The van der Waals surface area contributed by atoms with E-state index >= 15 is 0 Å². The maximum absolute atomic E-state index is 13.5. The molecule has 0 heterocycles. The van der Waals surface area contributed by atoms with Crippen LogP contribution in [0.5, 0.6) is 0 Å². The van der Waals surface area contributed by atoms with Crippen LogP contribution in [0.1, 0.15) is 15.9 Å².